The molecule has 3 heteroatoms. The van der Waals surface area contributed by atoms with Crippen LogP contribution in [0.3, 0.4) is 0 Å². The van der Waals surface area contributed by atoms with Crippen molar-refractivity contribution in [1.82, 2.24) is 10.6 Å². The van der Waals surface area contributed by atoms with E-state index in [1.165, 1.54) is 0 Å². The minimum absolute atomic E-state index is 0.0390. The minimum atomic E-state index is 0.0390. The standard InChI is InChI=1S/C14H22N2O/c1-4-15-9-6-10-16-14(17)13-11(2)7-5-8-12(13)3/h5,7-8,15H,4,6,9-10H2,1-3H3,(H,16,17). The first-order valence-corrected chi connectivity index (χ1v) is 6.22. The van der Waals surface area contributed by atoms with Gasteiger partial charge in [0.25, 0.3) is 5.91 Å². The van der Waals surface area contributed by atoms with Gasteiger partial charge in [0.15, 0.2) is 0 Å². The first kappa shape index (κ1) is 13.7. The van der Waals surface area contributed by atoms with Gasteiger partial charge in [0.1, 0.15) is 0 Å². The summed E-state index contributed by atoms with van der Waals surface area (Å²) < 4.78 is 0. The molecule has 1 aromatic rings. The number of aryl methyl sites for hydroxylation is 2. The molecule has 3 nitrogen and oxygen atoms in total. The first-order chi connectivity index (χ1) is 8.16. The fraction of sp³-hybridized carbons (Fsp3) is 0.500. The van der Waals surface area contributed by atoms with Gasteiger partial charge in [-0.3, -0.25) is 4.79 Å². The van der Waals surface area contributed by atoms with E-state index >= 15 is 0 Å². The van der Waals surface area contributed by atoms with E-state index < -0.39 is 0 Å². The van der Waals surface area contributed by atoms with Gasteiger partial charge in [0.05, 0.1) is 0 Å². The third kappa shape index (κ3) is 4.19. The highest BCUT2D eigenvalue weighted by atomic mass is 16.1. The molecule has 0 saturated carbocycles. The van der Waals surface area contributed by atoms with Crippen LogP contribution in [0.1, 0.15) is 34.8 Å². The van der Waals surface area contributed by atoms with Gasteiger partial charge >= 0.3 is 0 Å². The van der Waals surface area contributed by atoms with Crippen LogP contribution in [0.25, 0.3) is 0 Å². The van der Waals surface area contributed by atoms with Crippen LogP contribution < -0.4 is 10.6 Å². The van der Waals surface area contributed by atoms with Gasteiger partial charge in [-0.2, -0.15) is 0 Å². The summed E-state index contributed by atoms with van der Waals surface area (Å²) in [7, 11) is 0. The van der Waals surface area contributed by atoms with Crippen molar-refractivity contribution >= 4 is 5.91 Å². The summed E-state index contributed by atoms with van der Waals surface area (Å²) in [6.45, 7) is 8.67. The second-order valence-corrected chi connectivity index (χ2v) is 4.23. The molecule has 0 heterocycles. The Morgan fingerprint density at radius 3 is 2.41 bits per heavy atom. The van der Waals surface area contributed by atoms with E-state index in [0.29, 0.717) is 0 Å². The Kier molecular flexibility index (Phi) is 5.70. The van der Waals surface area contributed by atoms with E-state index in [2.05, 4.69) is 17.6 Å². The summed E-state index contributed by atoms with van der Waals surface area (Å²) in [5.41, 5.74) is 2.89. The Balaban J connectivity index is 2.47. The van der Waals surface area contributed by atoms with E-state index in [0.717, 1.165) is 42.7 Å². The molecule has 0 bridgehead atoms. The molecule has 1 rings (SSSR count). The third-order valence-electron chi connectivity index (χ3n) is 2.77. The third-order valence-corrected chi connectivity index (χ3v) is 2.77. The summed E-state index contributed by atoms with van der Waals surface area (Å²) in [5.74, 6) is 0.0390. The molecule has 0 aromatic heterocycles. The number of carbonyl (C=O) groups excluding carboxylic acids is 1. The van der Waals surface area contributed by atoms with Crippen LogP contribution in [0, 0.1) is 13.8 Å². The van der Waals surface area contributed by atoms with Crippen LogP contribution >= 0.6 is 0 Å². The quantitative estimate of drug-likeness (QED) is 0.739. The molecular formula is C14H22N2O. The van der Waals surface area contributed by atoms with Gasteiger partial charge in [0, 0.05) is 12.1 Å². The highest BCUT2D eigenvalue weighted by Crippen LogP contribution is 2.12. The SMILES string of the molecule is CCNCCCNC(=O)c1c(C)cccc1C. The maximum atomic E-state index is 12.0. The van der Waals surface area contributed by atoms with Crippen LogP contribution in [-0.2, 0) is 0 Å². The van der Waals surface area contributed by atoms with Crippen LogP contribution in [0.4, 0.5) is 0 Å². The van der Waals surface area contributed by atoms with Crippen molar-refractivity contribution in [2.24, 2.45) is 0 Å². The fourth-order valence-electron chi connectivity index (χ4n) is 1.85. The van der Waals surface area contributed by atoms with Crippen molar-refractivity contribution in [2.75, 3.05) is 19.6 Å². The molecule has 0 saturated heterocycles. The van der Waals surface area contributed by atoms with Crippen LogP contribution in [0.5, 0.6) is 0 Å². The lowest BCUT2D eigenvalue weighted by Gasteiger charge is -2.10. The molecule has 94 valence electrons. The van der Waals surface area contributed by atoms with Gasteiger partial charge in [-0.25, -0.2) is 0 Å². The lowest BCUT2D eigenvalue weighted by molar-refractivity contribution is 0.0952. The summed E-state index contributed by atoms with van der Waals surface area (Å²) in [4.78, 5) is 12.0. The van der Waals surface area contributed by atoms with Crippen LogP contribution in [0.15, 0.2) is 18.2 Å². The van der Waals surface area contributed by atoms with Crippen molar-refractivity contribution < 1.29 is 4.79 Å². The van der Waals surface area contributed by atoms with Crippen LogP contribution in [0.2, 0.25) is 0 Å². The van der Waals surface area contributed by atoms with E-state index in [1.54, 1.807) is 0 Å². The molecule has 0 aliphatic heterocycles. The lowest BCUT2D eigenvalue weighted by atomic mass is 10.0. The number of nitrogens with one attached hydrogen (secondary N) is 2. The number of hydrogen-bond donors (Lipinski definition) is 2. The fourth-order valence-corrected chi connectivity index (χ4v) is 1.85. The Labute approximate surface area is 104 Å². The largest absolute Gasteiger partial charge is 0.352 e. The monoisotopic (exact) mass is 234 g/mol. The van der Waals surface area contributed by atoms with E-state index in [4.69, 9.17) is 0 Å². The number of hydrogen-bond acceptors (Lipinski definition) is 2. The zero-order chi connectivity index (χ0) is 12.7. The Bertz CT molecular complexity index is 354. The van der Waals surface area contributed by atoms with E-state index in [-0.39, 0.29) is 5.91 Å². The Hall–Kier alpha value is -1.35. The molecule has 0 fully saturated rings. The number of rotatable bonds is 6. The van der Waals surface area contributed by atoms with Crippen molar-refractivity contribution in [3.63, 3.8) is 0 Å². The molecule has 0 unspecified atom stereocenters. The van der Waals surface area contributed by atoms with Gasteiger partial charge < -0.3 is 10.6 Å². The molecule has 17 heavy (non-hydrogen) atoms. The van der Waals surface area contributed by atoms with E-state index in [1.807, 2.05) is 32.0 Å². The van der Waals surface area contributed by atoms with Gasteiger partial charge in [-0.05, 0) is 44.5 Å². The smallest absolute Gasteiger partial charge is 0.251 e. The summed E-state index contributed by atoms with van der Waals surface area (Å²) >= 11 is 0. The molecule has 0 spiro atoms. The van der Waals surface area contributed by atoms with Crippen molar-refractivity contribution in [3.05, 3.63) is 34.9 Å². The maximum Gasteiger partial charge on any atom is 0.251 e. The predicted molar refractivity (Wildman–Crippen MR) is 71.4 cm³/mol. The molecular weight excluding hydrogens is 212 g/mol. The molecule has 0 aliphatic rings. The summed E-state index contributed by atoms with van der Waals surface area (Å²) in [6.07, 6.45) is 0.963. The molecule has 1 aromatic carbocycles. The summed E-state index contributed by atoms with van der Waals surface area (Å²) in [5, 5.41) is 6.19. The second kappa shape index (κ2) is 7.07. The molecule has 0 radical (unpaired) electrons. The number of carbonyl (C=O) groups is 1. The van der Waals surface area contributed by atoms with Crippen molar-refractivity contribution in [3.8, 4) is 0 Å². The van der Waals surface area contributed by atoms with Crippen molar-refractivity contribution in [2.45, 2.75) is 27.2 Å². The lowest BCUT2D eigenvalue weighted by Crippen LogP contribution is -2.28. The highest BCUT2D eigenvalue weighted by molar-refractivity contribution is 5.96. The summed E-state index contributed by atoms with van der Waals surface area (Å²) in [6, 6.07) is 5.92. The number of amides is 1. The van der Waals surface area contributed by atoms with Crippen molar-refractivity contribution in [1.29, 1.82) is 0 Å². The van der Waals surface area contributed by atoms with Gasteiger partial charge in [-0.1, -0.05) is 25.1 Å². The van der Waals surface area contributed by atoms with Crippen LogP contribution in [-0.4, -0.2) is 25.5 Å². The molecule has 0 atom stereocenters. The first-order valence-electron chi connectivity index (χ1n) is 6.22. The molecule has 0 aliphatic carbocycles. The minimum Gasteiger partial charge on any atom is -0.352 e. The average Bonchev–Trinajstić information content (AvgIpc) is 2.28. The topological polar surface area (TPSA) is 41.1 Å². The van der Waals surface area contributed by atoms with Gasteiger partial charge in [0.2, 0.25) is 0 Å². The normalized spacial score (nSPS) is 10.3. The highest BCUT2D eigenvalue weighted by Gasteiger charge is 2.10. The van der Waals surface area contributed by atoms with Gasteiger partial charge in [-0.15, -0.1) is 0 Å². The maximum absolute atomic E-state index is 12.0. The molecule has 1 amide bonds. The number of benzene rings is 1. The second-order valence-electron chi connectivity index (χ2n) is 4.23. The zero-order valence-corrected chi connectivity index (χ0v) is 11.0. The van der Waals surface area contributed by atoms with E-state index in [9.17, 15) is 4.79 Å². The zero-order valence-electron chi connectivity index (χ0n) is 11.0. The average molecular weight is 234 g/mol. The Morgan fingerprint density at radius 2 is 1.82 bits per heavy atom. The molecule has 2 N–H and O–H groups in total. The predicted octanol–water partition coefficient (Wildman–Crippen LogP) is 2.03. The Morgan fingerprint density at radius 1 is 1.18 bits per heavy atom.